The number of hydrogen-bond acceptors (Lipinski definition) is 22. The number of anilines is 3. The third-order valence-corrected chi connectivity index (χ3v) is 14.8. The summed E-state index contributed by atoms with van der Waals surface area (Å²) in [6.07, 6.45) is 5.54. The lowest BCUT2D eigenvalue weighted by atomic mass is 10.3. The molecule has 24 heteroatoms. The topological polar surface area (TPSA) is 233 Å². The summed E-state index contributed by atoms with van der Waals surface area (Å²) in [5.41, 5.74) is 0.138. The van der Waals surface area contributed by atoms with Crippen LogP contribution in [-0.2, 0) is 30.7 Å². The molecule has 0 radical (unpaired) electrons. The molecule has 6 aromatic heterocycles. The number of carbonyl (C=O) groups is 2. The van der Waals surface area contributed by atoms with Crippen molar-refractivity contribution in [2.45, 2.75) is 26.7 Å². The van der Waals surface area contributed by atoms with Crippen LogP contribution in [0.25, 0.3) is 34.3 Å². The van der Waals surface area contributed by atoms with Gasteiger partial charge in [0.05, 0.1) is 44.6 Å². The molecule has 6 rings (SSSR count). The van der Waals surface area contributed by atoms with Gasteiger partial charge in [-0.3, -0.25) is 9.59 Å². The summed E-state index contributed by atoms with van der Waals surface area (Å²) >= 11 is 9.75. The van der Waals surface area contributed by atoms with Crippen LogP contribution in [0.5, 0.6) is 0 Å². The fourth-order valence-corrected chi connectivity index (χ4v) is 11.6. The molecule has 0 saturated heterocycles. The highest BCUT2D eigenvalue weighted by molar-refractivity contribution is 7.59. The van der Waals surface area contributed by atoms with Crippen LogP contribution >= 0.6 is 68.0 Å². The highest BCUT2D eigenvalue weighted by Gasteiger charge is 2.12. The van der Waals surface area contributed by atoms with Gasteiger partial charge < -0.3 is 29.3 Å². The zero-order valence-corrected chi connectivity index (χ0v) is 41.3. The first-order valence-electron chi connectivity index (χ1n) is 18.6. The Hall–Kier alpha value is -4.44. The van der Waals surface area contributed by atoms with Crippen LogP contribution in [0.2, 0.25) is 0 Å². The monoisotopic (exact) mass is 1020 g/mol. The quantitative estimate of drug-likeness (QED) is 0.0487. The van der Waals surface area contributed by atoms with Crippen molar-refractivity contribution in [1.29, 1.82) is 10.5 Å². The third kappa shape index (κ3) is 19.9. The number of nitriles is 2. The lowest BCUT2D eigenvalue weighted by molar-refractivity contribution is 0.111. The van der Waals surface area contributed by atoms with Gasteiger partial charge in [-0.2, -0.15) is 10.5 Å². The molecule has 6 aromatic rings. The number of allylic oxidation sites excluding steroid dienone is 1. The number of ether oxygens (including phenoxy) is 2. The summed E-state index contributed by atoms with van der Waals surface area (Å²) in [5.74, 6) is 0. The van der Waals surface area contributed by atoms with Crippen molar-refractivity contribution in [3.05, 3.63) is 56.6 Å². The average molecular weight is 1020 g/mol. The molecule has 6 heterocycles. The molecule has 0 bridgehead atoms. The summed E-state index contributed by atoms with van der Waals surface area (Å²) in [6.45, 7) is 9.90. The highest BCUT2D eigenvalue weighted by Crippen LogP contribution is 2.39. The van der Waals surface area contributed by atoms with Crippen LogP contribution in [0, 0.1) is 22.7 Å². The second kappa shape index (κ2) is 29.8. The molecule has 0 aliphatic carbocycles. The first kappa shape index (κ1) is 54.7. The molecule has 0 atom stereocenters. The largest absolute Gasteiger partial charge is 0.425 e. The average Bonchev–Trinajstić information content (AvgIpc) is 4.09. The van der Waals surface area contributed by atoms with E-state index in [1.54, 1.807) is 62.8 Å². The predicted octanol–water partition coefficient (Wildman–Crippen LogP) is 8.09. The van der Waals surface area contributed by atoms with Crippen molar-refractivity contribution in [1.82, 2.24) is 0 Å². The zero-order chi connectivity index (χ0) is 46.9. The van der Waals surface area contributed by atoms with Crippen molar-refractivity contribution in [3.8, 4) is 12.1 Å². The number of nitrogens with zero attached hydrogens (tertiary/aromatic N) is 5. The number of thiophene rings is 6. The normalized spacial score (nSPS) is 10.0. The second-order valence-corrected chi connectivity index (χ2v) is 19.9. The van der Waals surface area contributed by atoms with Gasteiger partial charge in [0.1, 0.15) is 17.7 Å². The number of fused-ring (bicyclic) bond motifs is 3. The van der Waals surface area contributed by atoms with Gasteiger partial charge in [-0.1, -0.05) is 13.8 Å². The van der Waals surface area contributed by atoms with Gasteiger partial charge in [-0.15, -0.1) is 93.3 Å². The molecule has 340 valence electrons. The lowest BCUT2D eigenvalue weighted by Gasteiger charge is -2.16. The van der Waals surface area contributed by atoms with Crippen molar-refractivity contribution in [3.63, 3.8) is 0 Å². The number of rotatable bonds is 18. The Morgan fingerprint density at radius 3 is 1.19 bits per heavy atom. The van der Waals surface area contributed by atoms with Gasteiger partial charge >= 0.3 is 21.2 Å². The Labute approximate surface area is 392 Å². The number of aldehydes is 2. The van der Waals surface area contributed by atoms with Gasteiger partial charge in [0.15, 0.2) is 12.6 Å². The number of carbonyl (C=O) groups excluding carboxylic acids is 2. The van der Waals surface area contributed by atoms with Crippen LogP contribution in [0.1, 0.15) is 50.9 Å². The minimum Gasteiger partial charge on any atom is -0.395 e. The van der Waals surface area contributed by atoms with Gasteiger partial charge in [-0.25, -0.2) is 0 Å². The number of aliphatic hydroxyl groups excluding tert-OH is 1. The molecule has 63 heavy (non-hydrogen) atoms. The maximum Gasteiger partial charge on any atom is 0.425 e. The molecule has 0 unspecified atom stereocenters. The second-order valence-electron chi connectivity index (χ2n) is 12.5. The summed E-state index contributed by atoms with van der Waals surface area (Å²) in [6, 6.07) is 16.0. The fraction of sp³-hybridized carbons (Fsp3) is 0.385. The van der Waals surface area contributed by atoms with E-state index in [4.69, 9.17) is 50.4 Å². The SMILES string of the molecule is CCCOCCN(C)c1cc2sc(C=C(C#N)C#N)cc2s1.CCCOCCN(C)c1cc2sc(C=O)cc2s1.CN(CCO)c1cc2sc(C=O)cc2s1.O=S(=O)=O.O=S(=O)=O. The zero-order valence-electron chi connectivity index (χ0n) is 34.8. The molecule has 0 saturated carbocycles. The van der Waals surface area contributed by atoms with Gasteiger partial charge in [0.2, 0.25) is 0 Å². The standard InChI is InChI=1S/C16H17N3OS2.C13H17NO2S2.C10H11NO2S2.2O3S/c1-3-5-20-6-4-19(2)16-9-15-14(22-16)8-13(21-15)7-12(10-17)11-18;1-3-5-16-6-4-14(2)13-8-12-11(18-13)7-10(9-15)17-12;1-11(2-3-12)10-5-9-8(15-10)4-7(6-13)14-9;2*1-4(2)3/h7-9H,3-6H2,1-2H3;7-9H,3-6H2,1-2H3;4-6,12H,2-3H2,1H3;;. The van der Waals surface area contributed by atoms with Gasteiger partial charge in [-0.05, 0) is 55.3 Å². The van der Waals surface area contributed by atoms with E-state index in [2.05, 4.69) is 55.9 Å². The summed E-state index contributed by atoms with van der Waals surface area (Å²) < 4.78 is 68.7. The molecular formula is C39H45N5O11S8. The number of hydrogen-bond donors (Lipinski definition) is 1. The smallest absolute Gasteiger partial charge is 0.395 e. The van der Waals surface area contributed by atoms with Crippen molar-refractivity contribution >= 4 is 151 Å². The first-order chi connectivity index (χ1) is 30.1. The molecule has 0 spiro atoms. The van der Waals surface area contributed by atoms with Crippen molar-refractivity contribution in [2.24, 2.45) is 0 Å². The first-order valence-corrected chi connectivity index (χ1v) is 25.5. The molecule has 0 aliphatic rings. The number of likely N-dealkylation sites (N-methyl/N-ethyl adjacent to an activating group) is 3. The lowest BCUT2D eigenvalue weighted by Crippen LogP contribution is -2.21. The summed E-state index contributed by atoms with van der Waals surface area (Å²) in [4.78, 5) is 30.2. The van der Waals surface area contributed by atoms with E-state index in [0.717, 1.165) is 94.0 Å². The summed E-state index contributed by atoms with van der Waals surface area (Å²) in [5, 5.41) is 30.0. The van der Waals surface area contributed by atoms with Crippen LogP contribution in [0.15, 0.2) is 42.0 Å². The van der Waals surface area contributed by atoms with E-state index < -0.39 is 21.2 Å². The van der Waals surface area contributed by atoms with E-state index in [1.807, 2.05) is 42.3 Å². The Balaban J connectivity index is 0.000000303. The minimum atomic E-state index is -3.11. The predicted molar refractivity (Wildman–Crippen MR) is 258 cm³/mol. The molecule has 0 fully saturated rings. The van der Waals surface area contributed by atoms with E-state index in [0.29, 0.717) is 6.54 Å². The Kier molecular flexibility index (Phi) is 25.9. The van der Waals surface area contributed by atoms with Crippen molar-refractivity contribution < 1.29 is 49.4 Å². The maximum absolute atomic E-state index is 10.7. The van der Waals surface area contributed by atoms with Crippen LogP contribution < -0.4 is 14.7 Å². The number of aliphatic hydroxyl groups is 1. The van der Waals surface area contributed by atoms with Crippen LogP contribution in [0.4, 0.5) is 15.0 Å². The molecule has 0 aliphatic heterocycles. The maximum atomic E-state index is 10.7. The van der Waals surface area contributed by atoms with Crippen LogP contribution in [-0.4, -0.2) is 117 Å². The van der Waals surface area contributed by atoms with Gasteiger partial charge in [0, 0.05) is 87.1 Å². The van der Waals surface area contributed by atoms with E-state index in [-0.39, 0.29) is 12.2 Å². The van der Waals surface area contributed by atoms with Gasteiger partial charge in [0.25, 0.3) is 0 Å². The Bertz CT molecular complexity index is 2550. The minimum absolute atomic E-state index is 0.138. The Morgan fingerprint density at radius 1 is 0.571 bits per heavy atom. The molecule has 1 N–H and O–H groups in total. The fourth-order valence-electron chi connectivity index (χ4n) is 4.88. The molecule has 16 nitrogen and oxygen atoms in total. The third-order valence-electron chi connectivity index (χ3n) is 7.80. The summed E-state index contributed by atoms with van der Waals surface area (Å²) in [7, 11) is -0.132. The molecule has 0 amide bonds. The van der Waals surface area contributed by atoms with Crippen molar-refractivity contribution in [2.75, 3.05) is 88.5 Å². The Morgan fingerprint density at radius 2 is 0.889 bits per heavy atom. The van der Waals surface area contributed by atoms with E-state index >= 15 is 0 Å². The van der Waals surface area contributed by atoms with E-state index in [1.165, 1.54) is 40.1 Å². The molecule has 0 aromatic carbocycles. The highest BCUT2D eigenvalue weighted by atomic mass is 32.2. The molecular weight excluding hydrogens is 971 g/mol. The van der Waals surface area contributed by atoms with E-state index in [9.17, 15) is 9.59 Å². The van der Waals surface area contributed by atoms with Crippen LogP contribution in [0.3, 0.4) is 0 Å².